The number of ether oxygens (including phenoxy) is 1. The molecule has 1 amide bonds. The largest absolute Gasteiger partial charge is 0.497 e. The van der Waals surface area contributed by atoms with E-state index in [1.807, 2.05) is 24.3 Å². The van der Waals surface area contributed by atoms with E-state index in [0.29, 0.717) is 74.3 Å². The maximum Gasteiger partial charge on any atom is 0.224 e. The Kier molecular flexibility index (Phi) is 5.95. The zero-order valence-corrected chi connectivity index (χ0v) is 17.3. The van der Waals surface area contributed by atoms with Gasteiger partial charge in [-0.1, -0.05) is 12.1 Å². The van der Waals surface area contributed by atoms with Crippen molar-refractivity contribution in [3.8, 4) is 5.75 Å². The average molecular weight is 416 g/mol. The number of nitrogens with one attached hydrogen (secondary N) is 1. The van der Waals surface area contributed by atoms with Crippen LogP contribution in [0.2, 0.25) is 0 Å². The zero-order chi connectivity index (χ0) is 21.3. The van der Waals surface area contributed by atoms with Crippen LogP contribution in [0.5, 0.6) is 5.75 Å². The highest BCUT2D eigenvalue weighted by Gasteiger charge is 2.36. The number of carbonyl (C=O) groups excluding carboxylic acids is 1. The van der Waals surface area contributed by atoms with Gasteiger partial charge in [0.15, 0.2) is 0 Å². The zero-order valence-electron chi connectivity index (χ0n) is 17.3. The number of nitrogens with zero attached hydrogens (tertiary/aromatic N) is 1. The van der Waals surface area contributed by atoms with Crippen LogP contribution in [-0.2, 0) is 10.4 Å². The van der Waals surface area contributed by atoms with Gasteiger partial charge in [0.1, 0.15) is 11.6 Å². The third kappa shape index (κ3) is 4.15. The van der Waals surface area contributed by atoms with Gasteiger partial charge >= 0.3 is 0 Å². The van der Waals surface area contributed by atoms with Crippen molar-refractivity contribution in [1.82, 2.24) is 10.2 Å². The molecule has 0 aromatic heterocycles. The predicted octanol–water partition coefficient (Wildman–Crippen LogP) is 2.52. The van der Waals surface area contributed by atoms with Crippen LogP contribution < -0.4 is 10.1 Å². The number of carbonyl (C=O) groups is 1. The molecule has 1 aliphatic carbocycles. The number of aliphatic hydroxyl groups is 2. The van der Waals surface area contributed by atoms with Crippen molar-refractivity contribution < 1.29 is 24.1 Å². The number of hydrogen-bond donors (Lipinski definition) is 3. The Labute approximate surface area is 176 Å². The van der Waals surface area contributed by atoms with E-state index < -0.39 is 11.7 Å². The van der Waals surface area contributed by atoms with Crippen molar-refractivity contribution >= 4 is 5.91 Å². The molecule has 0 saturated carbocycles. The molecule has 7 heteroatoms. The number of rotatable bonds is 5. The van der Waals surface area contributed by atoms with Crippen LogP contribution in [0, 0.1) is 0 Å². The van der Waals surface area contributed by atoms with Gasteiger partial charge in [-0.15, -0.1) is 0 Å². The number of amides is 1. The minimum Gasteiger partial charge on any atom is -0.497 e. The van der Waals surface area contributed by atoms with Crippen molar-refractivity contribution in [2.75, 3.05) is 26.7 Å². The molecule has 1 unspecified atom stereocenters. The highest BCUT2D eigenvalue weighted by molar-refractivity contribution is 5.80. The topological polar surface area (TPSA) is 82.0 Å². The summed E-state index contributed by atoms with van der Waals surface area (Å²) in [6.07, 6.45) is 1.82. The Balaban J connectivity index is 1.39. The molecule has 0 spiro atoms. The number of likely N-dealkylation sites (tertiary alicyclic amines) is 1. The van der Waals surface area contributed by atoms with Crippen LogP contribution in [0.25, 0.3) is 0 Å². The Morgan fingerprint density at radius 2 is 2.00 bits per heavy atom. The van der Waals surface area contributed by atoms with Gasteiger partial charge in [-0.3, -0.25) is 4.79 Å². The van der Waals surface area contributed by atoms with Crippen LogP contribution in [0.3, 0.4) is 0 Å². The third-order valence-corrected chi connectivity index (χ3v) is 6.57. The molecule has 4 rings (SSSR count). The van der Waals surface area contributed by atoms with E-state index in [-0.39, 0.29) is 18.2 Å². The fourth-order valence-electron chi connectivity index (χ4n) is 4.69. The van der Waals surface area contributed by atoms with E-state index in [1.165, 1.54) is 0 Å². The third-order valence-electron chi connectivity index (χ3n) is 6.57. The first-order valence-electron chi connectivity index (χ1n) is 10.6. The SMILES string of the molecule is COc1cccc(C2(O)CCN(CC(O)C3=C(F)C4=C(CC3)NC(=O)CC4)CC2)c1. The number of halogens is 1. The maximum absolute atomic E-state index is 15.0. The van der Waals surface area contributed by atoms with Crippen molar-refractivity contribution in [2.24, 2.45) is 0 Å². The lowest BCUT2D eigenvalue weighted by molar-refractivity contribution is -0.120. The number of benzene rings is 1. The van der Waals surface area contributed by atoms with E-state index in [2.05, 4.69) is 10.2 Å². The second-order valence-electron chi connectivity index (χ2n) is 8.42. The molecule has 2 aliphatic heterocycles. The first kappa shape index (κ1) is 21.0. The van der Waals surface area contributed by atoms with E-state index >= 15 is 0 Å². The van der Waals surface area contributed by atoms with Crippen molar-refractivity contribution in [3.05, 3.63) is 52.5 Å². The van der Waals surface area contributed by atoms with Crippen LogP contribution in [0.15, 0.2) is 46.9 Å². The lowest BCUT2D eigenvalue weighted by Crippen LogP contribution is -2.45. The molecule has 1 saturated heterocycles. The highest BCUT2D eigenvalue weighted by Crippen LogP contribution is 2.38. The quantitative estimate of drug-likeness (QED) is 0.687. The van der Waals surface area contributed by atoms with Crippen LogP contribution in [0.1, 0.15) is 44.1 Å². The molecular formula is C23H29FN2O4. The Bertz CT molecular complexity index is 887. The summed E-state index contributed by atoms with van der Waals surface area (Å²) in [4.78, 5) is 13.6. The number of methoxy groups -OCH3 is 1. The van der Waals surface area contributed by atoms with Gasteiger partial charge in [-0.2, -0.15) is 0 Å². The summed E-state index contributed by atoms with van der Waals surface area (Å²) in [5.41, 5.74) is 1.55. The van der Waals surface area contributed by atoms with E-state index in [9.17, 15) is 19.4 Å². The summed E-state index contributed by atoms with van der Waals surface area (Å²) in [6, 6.07) is 7.49. The number of aliphatic hydroxyl groups excluding tert-OH is 1. The fraction of sp³-hybridized carbons (Fsp3) is 0.522. The molecule has 1 aromatic rings. The van der Waals surface area contributed by atoms with Gasteiger partial charge < -0.3 is 25.2 Å². The first-order chi connectivity index (χ1) is 14.4. The number of β-amino-alcohol motifs (C(OH)–C–C–N with tert-alkyl or cyclic N) is 1. The van der Waals surface area contributed by atoms with E-state index in [0.717, 1.165) is 5.56 Å². The normalized spacial score (nSPS) is 23.1. The Morgan fingerprint density at radius 1 is 1.23 bits per heavy atom. The summed E-state index contributed by atoms with van der Waals surface area (Å²) in [7, 11) is 1.60. The molecule has 3 N–H and O–H groups in total. The van der Waals surface area contributed by atoms with Gasteiger partial charge in [-0.25, -0.2) is 4.39 Å². The summed E-state index contributed by atoms with van der Waals surface area (Å²) >= 11 is 0. The predicted molar refractivity (Wildman–Crippen MR) is 110 cm³/mol. The Morgan fingerprint density at radius 3 is 2.73 bits per heavy atom. The smallest absolute Gasteiger partial charge is 0.224 e. The molecular weight excluding hydrogens is 387 g/mol. The van der Waals surface area contributed by atoms with Gasteiger partial charge in [0.05, 0.1) is 18.8 Å². The molecule has 1 fully saturated rings. The minimum absolute atomic E-state index is 0.0672. The Hall–Kier alpha value is -2.22. The van der Waals surface area contributed by atoms with Crippen LogP contribution >= 0.6 is 0 Å². The van der Waals surface area contributed by atoms with Gasteiger partial charge in [-0.05, 0) is 55.4 Å². The molecule has 0 bridgehead atoms. The van der Waals surface area contributed by atoms with Crippen LogP contribution in [0.4, 0.5) is 4.39 Å². The lowest BCUT2D eigenvalue weighted by Gasteiger charge is -2.39. The second kappa shape index (κ2) is 8.49. The van der Waals surface area contributed by atoms with Crippen molar-refractivity contribution in [1.29, 1.82) is 0 Å². The van der Waals surface area contributed by atoms with Crippen molar-refractivity contribution in [3.63, 3.8) is 0 Å². The molecule has 30 heavy (non-hydrogen) atoms. The molecule has 1 atom stereocenters. The first-order valence-corrected chi connectivity index (χ1v) is 10.6. The molecule has 3 aliphatic rings. The number of piperidine rings is 1. The van der Waals surface area contributed by atoms with Gasteiger partial charge in [0, 0.05) is 37.3 Å². The molecule has 1 aromatic carbocycles. The average Bonchev–Trinajstić information content (AvgIpc) is 2.75. The van der Waals surface area contributed by atoms with Gasteiger partial charge in [0.25, 0.3) is 0 Å². The highest BCUT2D eigenvalue weighted by atomic mass is 19.1. The van der Waals surface area contributed by atoms with Gasteiger partial charge in [0.2, 0.25) is 5.91 Å². The molecule has 0 radical (unpaired) electrons. The standard InChI is InChI=1S/C23H29FN2O4/c1-30-16-4-2-3-15(13-16)23(29)9-11-26(12-10-23)14-20(27)18-5-7-19-17(22(18)24)6-8-21(28)25-19/h2-4,13,20,27,29H,5-12,14H2,1H3,(H,25,28). The summed E-state index contributed by atoms with van der Waals surface area (Å²) in [5, 5.41) is 24.6. The molecule has 2 heterocycles. The summed E-state index contributed by atoms with van der Waals surface area (Å²) < 4.78 is 20.2. The fourth-order valence-corrected chi connectivity index (χ4v) is 4.69. The molecule has 162 valence electrons. The molecule has 6 nitrogen and oxygen atoms in total. The monoisotopic (exact) mass is 416 g/mol. The lowest BCUT2D eigenvalue weighted by atomic mass is 9.84. The maximum atomic E-state index is 15.0. The number of allylic oxidation sites excluding steroid dienone is 3. The summed E-state index contributed by atoms with van der Waals surface area (Å²) in [6.45, 7) is 1.57. The van der Waals surface area contributed by atoms with E-state index in [1.54, 1.807) is 7.11 Å². The van der Waals surface area contributed by atoms with E-state index in [4.69, 9.17) is 4.74 Å². The van der Waals surface area contributed by atoms with Crippen LogP contribution in [-0.4, -0.2) is 53.9 Å². The minimum atomic E-state index is -0.925. The van der Waals surface area contributed by atoms with Crippen molar-refractivity contribution in [2.45, 2.75) is 50.2 Å². The number of hydrogen-bond acceptors (Lipinski definition) is 5. The second-order valence-corrected chi connectivity index (χ2v) is 8.42. The summed E-state index contributed by atoms with van der Waals surface area (Å²) in [5.74, 6) is 0.294.